The number of hydrogen-bond donors (Lipinski definition) is 1. The van der Waals surface area contributed by atoms with Crippen LogP contribution in [0.2, 0.25) is 0 Å². The smallest absolute Gasteiger partial charge is 0.0940 e. The van der Waals surface area contributed by atoms with E-state index in [9.17, 15) is 0 Å². The summed E-state index contributed by atoms with van der Waals surface area (Å²) in [6, 6.07) is 7.82. The van der Waals surface area contributed by atoms with Gasteiger partial charge in [-0.05, 0) is 24.6 Å². The van der Waals surface area contributed by atoms with Crippen molar-refractivity contribution in [3.8, 4) is 0 Å². The van der Waals surface area contributed by atoms with E-state index in [0.717, 1.165) is 18.6 Å². The van der Waals surface area contributed by atoms with Crippen molar-refractivity contribution in [2.45, 2.75) is 18.5 Å². The number of thiophene rings is 1. The van der Waals surface area contributed by atoms with Crippen LogP contribution < -0.4 is 10.2 Å². The monoisotopic (exact) mass is 231 g/mol. The predicted molar refractivity (Wildman–Crippen MR) is 67.2 cm³/mol. The lowest BCUT2D eigenvalue weighted by Crippen LogP contribution is -2.43. The van der Waals surface area contributed by atoms with Gasteiger partial charge in [-0.15, -0.1) is 11.3 Å². The Hall–Kier alpha value is -1.13. The zero-order valence-corrected chi connectivity index (χ0v) is 9.70. The fourth-order valence-electron chi connectivity index (χ4n) is 2.83. The first-order valence-corrected chi connectivity index (χ1v) is 6.56. The van der Waals surface area contributed by atoms with Crippen LogP contribution in [-0.4, -0.2) is 30.2 Å². The summed E-state index contributed by atoms with van der Waals surface area (Å²) >= 11 is 1.87. The number of rotatable bonds is 1. The molecule has 0 radical (unpaired) electrons. The molecule has 82 valence electrons. The molecular weight excluding hydrogens is 218 g/mol. The number of hydrogen-bond acceptors (Lipinski definition) is 4. The highest BCUT2D eigenvalue weighted by Crippen LogP contribution is 2.36. The predicted octanol–water partition coefficient (Wildman–Crippen LogP) is 1.85. The molecule has 2 aromatic heterocycles. The Morgan fingerprint density at radius 2 is 2.50 bits per heavy atom. The fourth-order valence-corrected chi connectivity index (χ4v) is 3.93. The van der Waals surface area contributed by atoms with Gasteiger partial charge in [0.25, 0.3) is 0 Å². The minimum atomic E-state index is 0.707. The van der Waals surface area contributed by atoms with E-state index in [-0.39, 0.29) is 0 Å². The number of nitrogens with zero attached hydrogens (tertiary/aromatic N) is 2. The third kappa shape index (κ3) is 1.20. The van der Waals surface area contributed by atoms with Crippen molar-refractivity contribution in [1.82, 2.24) is 10.3 Å². The summed E-state index contributed by atoms with van der Waals surface area (Å²) in [6.07, 6.45) is 3.18. The summed E-state index contributed by atoms with van der Waals surface area (Å²) in [5.74, 6) is 0. The van der Waals surface area contributed by atoms with Crippen LogP contribution in [0.5, 0.6) is 0 Å². The Kier molecular flexibility index (Phi) is 1.78. The molecule has 2 aromatic rings. The van der Waals surface area contributed by atoms with E-state index in [0.29, 0.717) is 12.1 Å². The second-order valence-electron chi connectivity index (χ2n) is 4.62. The second-order valence-corrected chi connectivity index (χ2v) is 5.68. The van der Waals surface area contributed by atoms with Crippen LogP contribution >= 0.6 is 11.3 Å². The van der Waals surface area contributed by atoms with E-state index >= 15 is 0 Å². The van der Waals surface area contributed by atoms with Crippen LogP contribution in [0.15, 0.2) is 24.4 Å². The topological polar surface area (TPSA) is 28.2 Å². The molecule has 0 saturated carbocycles. The zero-order chi connectivity index (χ0) is 10.5. The van der Waals surface area contributed by atoms with E-state index in [4.69, 9.17) is 0 Å². The Balaban J connectivity index is 1.76. The Labute approximate surface area is 98.1 Å². The van der Waals surface area contributed by atoms with Gasteiger partial charge in [-0.2, -0.15) is 0 Å². The average Bonchev–Trinajstić information content (AvgIpc) is 3.02. The Morgan fingerprint density at radius 1 is 1.50 bits per heavy atom. The number of piperazine rings is 1. The lowest BCUT2D eigenvalue weighted by atomic mass is 10.2. The standard InChI is InChI=1S/C12H13N3S/c1-2-11-10(13-3-1)5-12(16-11)15-7-8-4-9(15)6-14-8/h1-3,5,8-9,14H,4,6-7H2/t8-,9-/m0/s1. The van der Waals surface area contributed by atoms with Crippen LogP contribution in [0.25, 0.3) is 10.2 Å². The first-order chi connectivity index (χ1) is 7.90. The van der Waals surface area contributed by atoms with Gasteiger partial charge in [-0.3, -0.25) is 4.98 Å². The van der Waals surface area contributed by atoms with Gasteiger partial charge in [-0.1, -0.05) is 0 Å². The number of pyridine rings is 1. The number of nitrogens with one attached hydrogen (secondary N) is 1. The van der Waals surface area contributed by atoms with Crippen LogP contribution in [0.1, 0.15) is 6.42 Å². The summed E-state index contributed by atoms with van der Waals surface area (Å²) in [5.41, 5.74) is 1.14. The zero-order valence-electron chi connectivity index (χ0n) is 8.89. The third-order valence-corrected chi connectivity index (χ3v) is 4.74. The largest absolute Gasteiger partial charge is 0.357 e. The van der Waals surface area contributed by atoms with Crippen LogP contribution in [0.3, 0.4) is 0 Å². The van der Waals surface area contributed by atoms with Crippen LogP contribution in [0, 0.1) is 0 Å². The molecule has 2 saturated heterocycles. The molecule has 2 atom stereocenters. The van der Waals surface area contributed by atoms with Crippen molar-refractivity contribution in [2.75, 3.05) is 18.0 Å². The molecule has 2 aliphatic rings. The highest BCUT2D eigenvalue weighted by molar-refractivity contribution is 7.22. The summed E-state index contributed by atoms with van der Waals surface area (Å²) in [4.78, 5) is 6.95. The van der Waals surface area contributed by atoms with E-state index in [1.165, 1.54) is 16.1 Å². The Morgan fingerprint density at radius 3 is 3.25 bits per heavy atom. The summed E-state index contributed by atoms with van der Waals surface area (Å²) in [5, 5.41) is 4.93. The highest BCUT2D eigenvalue weighted by atomic mass is 32.1. The first-order valence-electron chi connectivity index (χ1n) is 5.75. The lowest BCUT2D eigenvalue weighted by Gasteiger charge is -2.27. The van der Waals surface area contributed by atoms with Crippen molar-refractivity contribution in [2.24, 2.45) is 0 Å². The lowest BCUT2D eigenvalue weighted by molar-refractivity contribution is 0.582. The van der Waals surface area contributed by atoms with Crippen LogP contribution in [-0.2, 0) is 0 Å². The normalized spacial score (nSPS) is 28.1. The number of aromatic nitrogens is 1. The minimum Gasteiger partial charge on any atom is -0.357 e. The molecule has 16 heavy (non-hydrogen) atoms. The maximum absolute atomic E-state index is 4.40. The average molecular weight is 231 g/mol. The van der Waals surface area contributed by atoms with E-state index in [1.807, 2.05) is 23.6 Å². The summed E-state index contributed by atoms with van der Waals surface area (Å²) in [7, 11) is 0. The van der Waals surface area contributed by atoms with Crippen molar-refractivity contribution in [3.05, 3.63) is 24.4 Å². The van der Waals surface area contributed by atoms with Gasteiger partial charge in [0.05, 0.1) is 15.2 Å². The molecular formula is C12H13N3S. The fraction of sp³-hybridized carbons (Fsp3) is 0.417. The summed E-state index contributed by atoms with van der Waals surface area (Å²) < 4.78 is 1.30. The quantitative estimate of drug-likeness (QED) is 0.812. The molecule has 0 unspecified atom stereocenters. The molecule has 4 heterocycles. The van der Waals surface area contributed by atoms with Gasteiger partial charge in [-0.25, -0.2) is 0 Å². The molecule has 4 heteroatoms. The first kappa shape index (κ1) is 8.96. The molecule has 2 fully saturated rings. The van der Waals surface area contributed by atoms with Crippen molar-refractivity contribution in [1.29, 1.82) is 0 Å². The summed E-state index contributed by atoms with van der Waals surface area (Å²) in [6.45, 7) is 2.31. The van der Waals surface area contributed by atoms with Gasteiger partial charge in [0.1, 0.15) is 0 Å². The highest BCUT2D eigenvalue weighted by Gasteiger charge is 2.38. The molecule has 0 aliphatic carbocycles. The van der Waals surface area contributed by atoms with Gasteiger partial charge >= 0.3 is 0 Å². The maximum Gasteiger partial charge on any atom is 0.0940 e. The number of fused-ring (bicyclic) bond motifs is 3. The van der Waals surface area contributed by atoms with Gasteiger partial charge in [0.15, 0.2) is 0 Å². The third-order valence-electron chi connectivity index (χ3n) is 3.61. The van der Waals surface area contributed by atoms with Gasteiger partial charge < -0.3 is 10.2 Å². The molecule has 0 spiro atoms. The molecule has 1 N–H and O–H groups in total. The van der Waals surface area contributed by atoms with Crippen molar-refractivity contribution in [3.63, 3.8) is 0 Å². The van der Waals surface area contributed by atoms with E-state index in [1.54, 1.807) is 0 Å². The number of anilines is 1. The minimum absolute atomic E-state index is 0.707. The molecule has 2 bridgehead atoms. The molecule has 0 aromatic carbocycles. The van der Waals surface area contributed by atoms with Gasteiger partial charge in [0.2, 0.25) is 0 Å². The van der Waals surface area contributed by atoms with Gasteiger partial charge in [0, 0.05) is 31.4 Å². The Bertz CT molecular complexity index is 503. The van der Waals surface area contributed by atoms with E-state index in [2.05, 4.69) is 27.3 Å². The van der Waals surface area contributed by atoms with Crippen LogP contribution in [0.4, 0.5) is 5.00 Å². The molecule has 3 nitrogen and oxygen atoms in total. The molecule has 4 rings (SSSR count). The maximum atomic E-state index is 4.40. The van der Waals surface area contributed by atoms with Crippen molar-refractivity contribution >= 4 is 26.6 Å². The van der Waals surface area contributed by atoms with E-state index < -0.39 is 0 Å². The molecule has 0 amide bonds. The second kappa shape index (κ2) is 3.18. The van der Waals surface area contributed by atoms with Crippen molar-refractivity contribution < 1.29 is 0 Å². The molecule has 2 aliphatic heterocycles. The SMILES string of the molecule is c1cnc2cc(N3C[C@@H]4C[C@H]3CN4)sc2c1.